The highest BCUT2D eigenvalue weighted by atomic mass is 79.9. The van der Waals surface area contributed by atoms with E-state index in [2.05, 4.69) is 35.0 Å². The Morgan fingerprint density at radius 3 is 2.28 bits per heavy atom. The molecule has 1 aliphatic rings. The fourth-order valence-corrected chi connectivity index (χ4v) is 6.25. The Morgan fingerprint density at radius 2 is 1.60 bits per heavy atom. The SMILES string of the molecule is CCOc1cc(/C=C2/SC(=Nc3ccc(C)c(Cl)c3)N(c3ccc(C)c(Cl)c3)C2=O)cc(Br)c1OCc1ccc(C)cc1. The molecule has 4 aromatic rings. The fraction of sp³-hybridized carbons (Fsp3) is 0.176. The zero-order valence-corrected chi connectivity index (χ0v) is 28.0. The number of aliphatic imine (C=N–C) groups is 1. The van der Waals surface area contributed by atoms with Crippen molar-refractivity contribution in [1.29, 1.82) is 0 Å². The molecule has 43 heavy (non-hydrogen) atoms. The number of carbonyl (C=O) groups excluding carboxylic acids is 1. The van der Waals surface area contributed by atoms with Gasteiger partial charge in [-0.1, -0.05) is 65.2 Å². The molecular formula is C34H29BrCl2N2O3S. The highest BCUT2D eigenvalue weighted by Gasteiger charge is 2.35. The van der Waals surface area contributed by atoms with Crippen LogP contribution in [0.1, 0.15) is 34.7 Å². The Bertz CT molecular complexity index is 1760. The maximum absolute atomic E-state index is 13.9. The lowest BCUT2D eigenvalue weighted by Crippen LogP contribution is -2.28. The molecule has 4 aromatic carbocycles. The van der Waals surface area contributed by atoms with Crippen LogP contribution in [0.4, 0.5) is 11.4 Å². The number of hydrogen-bond acceptors (Lipinski definition) is 5. The summed E-state index contributed by atoms with van der Waals surface area (Å²) in [4.78, 5) is 20.8. The monoisotopic (exact) mass is 694 g/mol. The first-order chi connectivity index (χ1) is 20.6. The van der Waals surface area contributed by atoms with Crippen molar-refractivity contribution in [2.24, 2.45) is 4.99 Å². The van der Waals surface area contributed by atoms with Crippen molar-refractivity contribution < 1.29 is 14.3 Å². The molecule has 0 unspecified atom stereocenters. The van der Waals surface area contributed by atoms with E-state index in [9.17, 15) is 4.79 Å². The zero-order chi connectivity index (χ0) is 30.7. The number of anilines is 1. The van der Waals surface area contributed by atoms with E-state index in [-0.39, 0.29) is 5.91 Å². The molecule has 1 heterocycles. The average molecular weight is 696 g/mol. The summed E-state index contributed by atoms with van der Waals surface area (Å²) >= 11 is 17.8. The van der Waals surface area contributed by atoms with Crippen LogP contribution in [0.5, 0.6) is 11.5 Å². The Balaban J connectivity index is 1.51. The van der Waals surface area contributed by atoms with Gasteiger partial charge in [0.2, 0.25) is 0 Å². The highest BCUT2D eigenvalue weighted by Crippen LogP contribution is 2.42. The normalized spacial score (nSPS) is 15.0. The minimum absolute atomic E-state index is 0.212. The van der Waals surface area contributed by atoms with Crippen LogP contribution in [0.25, 0.3) is 6.08 Å². The lowest BCUT2D eigenvalue weighted by Gasteiger charge is -2.17. The number of benzene rings is 4. The third-order valence-electron chi connectivity index (χ3n) is 6.73. The summed E-state index contributed by atoms with van der Waals surface area (Å²) in [5, 5.41) is 1.67. The van der Waals surface area contributed by atoms with Crippen molar-refractivity contribution in [3.63, 3.8) is 0 Å². The molecule has 5 rings (SSSR count). The Hall–Kier alpha value is -3.23. The molecule has 9 heteroatoms. The molecule has 220 valence electrons. The number of hydrogen-bond donors (Lipinski definition) is 0. The number of rotatable bonds is 8. The van der Waals surface area contributed by atoms with Crippen LogP contribution < -0.4 is 14.4 Å². The first kappa shape index (κ1) is 31.2. The molecule has 0 aliphatic carbocycles. The van der Waals surface area contributed by atoms with E-state index in [0.717, 1.165) is 26.7 Å². The zero-order valence-electron chi connectivity index (χ0n) is 24.1. The standard InChI is InChI=1S/C34H29BrCl2N2O3S/c1-5-41-30-15-24(14-27(35)32(30)42-19-23-10-6-20(2)7-11-23)16-31-33(40)39(26-13-9-22(4)29(37)18-26)34(43-31)38-25-12-8-21(3)28(36)17-25/h6-18H,5,19H2,1-4H3/b31-16+,38-34?. The number of halogens is 3. The molecule has 5 nitrogen and oxygen atoms in total. The van der Waals surface area contributed by atoms with Crippen LogP contribution in [0.15, 0.2) is 87.2 Å². The van der Waals surface area contributed by atoms with Gasteiger partial charge in [-0.05, 0) is 120 Å². The maximum Gasteiger partial charge on any atom is 0.271 e. The van der Waals surface area contributed by atoms with E-state index in [4.69, 9.17) is 37.7 Å². The molecule has 0 N–H and O–H groups in total. The summed E-state index contributed by atoms with van der Waals surface area (Å²) in [6.45, 7) is 8.68. The quantitative estimate of drug-likeness (QED) is 0.172. The summed E-state index contributed by atoms with van der Waals surface area (Å²) in [6, 6.07) is 23.1. The Labute approximate surface area is 274 Å². The van der Waals surface area contributed by atoms with Crippen LogP contribution in [0, 0.1) is 20.8 Å². The predicted octanol–water partition coefficient (Wildman–Crippen LogP) is 10.5. The second-order valence-electron chi connectivity index (χ2n) is 10.0. The van der Waals surface area contributed by atoms with Crippen molar-refractivity contribution in [2.75, 3.05) is 11.5 Å². The van der Waals surface area contributed by atoms with Gasteiger partial charge in [0.05, 0.1) is 27.4 Å². The minimum Gasteiger partial charge on any atom is -0.490 e. The number of amidine groups is 1. The van der Waals surface area contributed by atoms with E-state index < -0.39 is 0 Å². The molecule has 0 spiro atoms. The largest absolute Gasteiger partial charge is 0.490 e. The van der Waals surface area contributed by atoms with E-state index in [1.54, 1.807) is 17.0 Å². The van der Waals surface area contributed by atoms with Crippen molar-refractivity contribution in [3.8, 4) is 11.5 Å². The number of aryl methyl sites for hydroxylation is 3. The molecule has 0 aromatic heterocycles. The van der Waals surface area contributed by atoms with Crippen LogP contribution in [-0.2, 0) is 11.4 Å². The molecule has 0 atom stereocenters. The van der Waals surface area contributed by atoms with Crippen LogP contribution >= 0.6 is 50.9 Å². The van der Waals surface area contributed by atoms with Gasteiger partial charge in [-0.3, -0.25) is 9.69 Å². The molecule has 1 fully saturated rings. The second-order valence-corrected chi connectivity index (χ2v) is 12.7. The van der Waals surface area contributed by atoms with E-state index in [1.165, 1.54) is 17.3 Å². The summed E-state index contributed by atoms with van der Waals surface area (Å²) in [5.74, 6) is 0.969. The summed E-state index contributed by atoms with van der Waals surface area (Å²) in [6.07, 6.45) is 1.83. The van der Waals surface area contributed by atoms with Gasteiger partial charge in [0.25, 0.3) is 5.91 Å². The summed E-state index contributed by atoms with van der Waals surface area (Å²) in [5.41, 5.74) is 6.16. The van der Waals surface area contributed by atoms with Crippen molar-refractivity contribution in [2.45, 2.75) is 34.3 Å². The number of carbonyl (C=O) groups is 1. The van der Waals surface area contributed by atoms with Gasteiger partial charge in [-0.15, -0.1) is 0 Å². The van der Waals surface area contributed by atoms with Gasteiger partial charge < -0.3 is 9.47 Å². The first-order valence-corrected chi connectivity index (χ1v) is 16.0. The van der Waals surface area contributed by atoms with Crippen LogP contribution in [0.2, 0.25) is 10.0 Å². The van der Waals surface area contributed by atoms with Crippen molar-refractivity contribution in [3.05, 3.63) is 120 Å². The summed E-state index contributed by atoms with van der Waals surface area (Å²) < 4.78 is 12.9. The summed E-state index contributed by atoms with van der Waals surface area (Å²) in [7, 11) is 0. The molecule has 0 radical (unpaired) electrons. The molecule has 1 amide bonds. The van der Waals surface area contributed by atoms with Gasteiger partial charge in [-0.25, -0.2) is 4.99 Å². The van der Waals surface area contributed by atoms with E-state index in [0.29, 0.717) is 56.2 Å². The number of ether oxygens (including phenoxy) is 2. The van der Waals surface area contributed by atoms with Gasteiger partial charge in [-0.2, -0.15) is 0 Å². The maximum atomic E-state index is 13.9. The van der Waals surface area contributed by atoms with Crippen LogP contribution in [0.3, 0.4) is 0 Å². The molecular weight excluding hydrogens is 667 g/mol. The third-order valence-corrected chi connectivity index (χ3v) is 9.11. The molecule has 0 saturated carbocycles. The molecule has 1 saturated heterocycles. The predicted molar refractivity (Wildman–Crippen MR) is 183 cm³/mol. The van der Waals surface area contributed by atoms with Crippen molar-refractivity contribution >= 4 is 79.4 Å². The van der Waals surface area contributed by atoms with Crippen molar-refractivity contribution in [1.82, 2.24) is 0 Å². The first-order valence-electron chi connectivity index (χ1n) is 13.6. The fourth-order valence-electron chi connectivity index (χ4n) is 4.32. The van der Waals surface area contributed by atoms with Gasteiger partial charge in [0.1, 0.15) is 6.61 Å². The number of nitrogens with zero attached hydrogens (tertiary/aromatic N) is 2. The Morgan fingerprint density at radius 1 is 0.907 bits per heavy atom. The third kappa shape index (κ3) is 7.29. The topological polar surface area (TPSA) is 51.1 Å². The van der Waals surface area contributed by atoms with Crippen LogP contribution in [-0.4, -0.2) is 17.7 Å². The smallest absolute Gasteiger partial charge is 0.271 e. The number of amides is 1. The van der Waals surface area contributed by atoms with Gasteiger partial charge >= 0.3 is 0 Å². The lowest BCUT2D eigenvalue weighted by molar-refractivity contribution is -0.113. The number of thioether (sulfide) groups is 1. The lowest BCUT2D eigenvalue weighted by atomic mass is 10.1. The molecule has 0 bridgehead atoms. The van der Waals surface area contributed by atoms with Gasteiger partial charge in [0, 0.05) is 10.0 Å². The Kier molecular flexibility index (Phi) is 9.87. The van der Waals surface area contributed by atoms with Gasteiger partial charge in [0.15, 0.2) is 16.7 Å². The highest BCUT2D eigenvalue weighted by molar-refractivity contribution is 9.10. The average Bonchev–Trinajstić information content (AvgIpc) is 3.26. The van der Waals surface area contributed by atoms with E-state index >= 15 is 0 Å². The molecule has 1 aliphatic heterocycles. The second kappa shape index (κ2) is 13.6. The van der Waals surface area contributed by atoms with E-state index in [1.807, 2.05) is 75.4 Å². The minimum atomic E-state index is -0.212.